The maximum Gasteiger partial charge on any atom is 0.387 e. The molecule has 7 heteroatoms. The Morgan fingerprint density at radius 1 is 1.39 bits per heavy atom. The Hall–Kier alpha value is -1.40. The van der Waals surface area contributed by atoms with E-state index in [1.165, 1.54) is 12.1 Å². The Morgan fingerprint density at radius 2 is 2.09 bits per heavy atom. The lowest BCUT2D eigenvalue weighted by Gasteiger charge is -2.23. The molecule has 1 aliphatic heterocycles. The predicted molar refractivity (Wildman–Crippen MR) is 87.1 cm³/mol. The number of halogens is 3. The van der Waals surface area contributed by atoms with E-state index in [1.54, 1.807) is 12.1 Å². The molecule has 130 valence electrons. The molecule has 1 aromatic rings. The van der Waals surface area contributed by atoms with E-state index in [1.807, 2.05) is 6.92 Å². The first-order chi connectivity index (χ1) is 10.5. The van der Waals surface area contributed by atoms with Gasteiger partial charge in [-0.1, -0.05) is 12.1 Å². The van der Waals surface area contributed by atoms with Gasteiger partial charge in [-0.2, -0.15) is 8.78 Å². The Labute approximate surface area is 141 Å². The third kappa shape index (κ3) is 6.71. The van der Waals surface area contributed by atoms with E-state index in [0.717, 1.165) is 31.5 Å². The zero-order valence-electron chi connectivity index (χ0n) is 13.1. The van der Waals surface area contributed by atoms with E-state index in [4.69, 9.17) is 0 Å². The first-order valence-electron chi connectivity index (χ1n) is 7.59. The van der Waals surface area contributed by atoms with Crippen LogP contribution in [0.5, 0.6) is 5.75 Å². The van der Waals surface area contributed by atoms with Gasteiger partial charge < -0.3 is 15.4 Å². The summed E-state index contributed by atoms with van der Waals surface area (Å²) in [6, 6.07) is 6.19. The third-order valence-electron chi connectivity index (χ3n) is 3.89. The minimum Gasteiger partial charge on any atom is -0.435 e. The van der Waals surface area contributed by atoms with Gasteiger partial charge in [0.25, 0.3) is 0 Å². The molecular weight excluding hydrogens is 326 g/mol. The zero-order chi connectivity index (χ0) is 15.9. The fourth-order valence-electron chi connectivity index (χ4n) is 2.69. The van der Waals surface area contributed by atoms with Crippen molar-refractivity contribution >= 4 is 18.3 Å². The highest BCUT2D eigenvalue weighted by atomic mass is 35.5. The number of hydrogen-bond acceptors (Lipinski definition) is 3. The molecule has 1 heterocycles. The Kier molecular flexibility index (Phi) is 8.26. The van der Waals surface area contributed by atoms with Crippen LogP contribution in [0.3, 0.4) is 0 Å². The highest BCUT2D eigenvalue weighted by Gasteiger charge is 2.18. The average molecular weight is 349 g/mol. The van der Waals surface area contributed by atoms with Crippen molar-refractivity contribution in [3.05, 3.63) is 29.8 Å². The van der Waals surface area contributed by atoms with E-state index in [-0.39, 0.29) is 30.1 Å². The van der Waals surface area contributed by atoms with E-state index < -0.39 is 6.61 Å². The molecule has 2 N–H and O–H groups in total. The van der Waals surface area contributed by atoms with Gasteiger partial charge in [-0.15, -0.1) is 12.4 Å². The van der Waals surface area contributed by atoms with Gasteiger partial charge in [0.2, 0.25) is 5.91 Å². The van der Waals surface area contributed by atoms with Crippen molar-refractivity contribution in [3.63, 3.8) is 0 Å². The molecule has 0 aromatic heterocycles. The normalized spacial score (nSPS) is 16.5. The van der Waals surface area contributed by atoms with Crippen LogP contribution in [0.25, 0.3) is 0 Å². The molecule has 1 fully saturated rings. The lowest BCUT2D eigenvalue weighted by Crippen LogP contribution is -2.33. The predicted octanol–water partition coefficient (Wildman–Crippen LogP) is 3.28. The second-order valence-corrected chi connectivity index (χ2v) is 5.64. The van der Waals surface area contributed by atoms with Gasteiger partial charge in [0.1, 0.15) is 5.75 Å². The van der Waals surface area contributed by atoms with Crippen LogP contribution in [0, 0.1) is 5.92 Å². The number of benzene rings is 1. The number of alkyl halides is 2. The first-order valence-corrected chi connectivity index (χ1v) is 7.59. The van der Waals surface area contributed by atoms with Crippen molar-refractivity contribution in [2.45, 2.75) is 38.8 Å². The number of carbonyl (C=O) groups is 1. The van der Waals surface area contributed by atoms with Gasteiger partial charge >= 0.3 is 6.61 Å². The Balaban J connectivity index is 0.00000264. The quantitative estimate of drug-likeness (QED) is 0.829. The summed E-state index contributed by atoms with van der Waals surface area (Å²) >= 11 is 0. The van der Waals surface area contributed by atoms with Crippen LogP contribution in [0.2, 0.25) is 0 Å². The number of nitrogens with one attached hydrogen (secondary N) is 2. The van der Waals surface area contributed by atoms with Gasteiger partial charge in [-0.05, 0) is 56.5 Å². The van der Waals surface area contributed by atoms with Crippen molar-refractivity contribution in [2.75, 3.05) is 13.1 Å². The molecule has 1 atom stereocenters. The number of rotatable bonds is 6. The summed E-state index contributed by atoms with van der Waals surface area (Å²) in [5, 5.41) is 6.19. The van der Waals surface area contributed by atoms with Crippen molar-refractivity contribution in [2.24, 2.45) is 5.92 Å². The molecule has 0 radical (unpaired) electrons. The van der Waals surface area contributed by atoms with Crippen molar-refractivity contribution in [1.29, 1.82) is 0 Å². The second-order valence-electron chi connectivity index (χ2n) is 5.64. The summed E-state index contributed by atoms with van der Waals surface area (Å²) in [7, 11) is 0. The van der Waals surface area contributed by atoms with E-state index in [2.05, 4.69) is 15.4 Å². The minimum atomic E-state index is -2.85. The molecule has 4 nitrogen and oxygen atoms in total. The molecular formula is C16H23ClF2N2O2. The monoisotopic (exact) mass is 348 g/mol. The molecule has 0 saturated carbocycles. The standard InChI is InChI=1S/C16H22F2N2O2.ClH/c1-11(13-3-2-4-14(10-13)22-16(17)18)20-15(21)9-12-5-7-19-8-6-12;/h2-4,10-12,16,19H,5-9H2,1H3,(H,20,21);1H. The summed E-state index contributed by atoms with van der Waals surface area (Å²) in [5.74, 6) is 0.522. The Morgan fingerprint density at radius 3 is 2.74 bits per heavy atom. The molecule has 1 aliphatic rings. The first kappa shape index (κ1) is 19.6. The fourth-order valence-corrected chi connectivity index (χ4v) is 2.69. The van der Waals surface area contributed by atoms with Gasteiger partial charge in [-0.3, -0.25) is 4.79 Å². The van der Waals surface area contributed by atoms with Crippen LogP contribution >= 0.6 is 12.4 Å². The molecule has 23 heavy (non-hydrogen) atoms. The van der Waals surface area contributed by atoms with E-state index in [9.17, 15) is 13.6 Å². The maximum atomic E-state index is 12.2. The zero-order valence-corrected chi connectivity index (χ0v) is 13.9. The van der Waals surface area contributed by atoms with Crippen molar-refractivity contribution < 1.29 is 18.3 Å². The molecule has 1 unspecified atom stereocenters. The summed E-state index contributed by atoms with van der Waals surface area (Å²) in [6.45, 7) is 0.906. The van der Waals surface area contributed by atoms with Crippen LogP contribution < -0.4 is 15.4 Å². The SMILES string of the molecule is CC(NC(=O)CC1CCNCC1)c1cccc(OC(F)F)c1.Cl. The number of carbonyl (C=O) groups excluding carboxylic acids is 1. The third-order valence-corrected chi connectivity index (χ3v) is 3.89. The van der Waals surface area contributed by atoms with Gasteiger partial charge in [0.15, 0.2) is 0 Å². The van der Waals surface area contributed by atoms with Crippen LogP contribution in [0.4, 0.5) is 8.78 Å². The molecule has 0 spiro atoms. The Bertz CT molecular complexity index is 497. The smallest absolute Gasteiger partial charge is 0.387 e. The minimum absolute atomic E-state index is 0. The van der Waals surface area contributed by atoms with Crippen LogP contribution in [0.15, 0.2) is 24.3 Å². The summed E-state index contributed by atoms with van der Waals surface area (Å²) in [4.78, 5) is 12.1. The molecule has 0 bridgehead atoms. The number of ether oxygens (including phenoxy) is 1. The van der Waals surface area contributed by atoms with Crippen molar-refractivity contribution in [1.82, 2.24) is 10.6 Å². The molecule has 2 rings (SSSR count). The van der Waals surface area contributed by atoms with Crippen molar-refractivity contribution in [3.8, 4) is 5.75 Å². The summed E-state index contributed by atoms with van der Waals surface area (Å²) in [5.41, 5.74) is 0.747. The average Bonchev–Trinajstić information content (AvgIpc) is 2.47. The lowest BCUT2D eigenvalue weighted by molar-refractivity contribution is -0.122. The van der Waals surface area contributed by atoms with Gasteiger partial charge in [0, 0.05) is 6.42 Å². The number of amides is 1. The molecule has 1 amide bonds. The second kappa shape index (κ2) is 9.67. The highest BCUT2D eigenvalue weighted by molar-refractivity contribution is 5.85. The maximum absolute atomic E-state index is 12.2. The van der Waals surface area contributed by atoms with Gasteiger partial charge in [-0.25, -0.2) is 0 Å². The van der Waals surface area contributed by atoms with Crippen LogP contribution in [-0.4, -0.2) is 25.6 Å². The number of piperidine rings is 1. The molecule has 1 aromatic carbocycles. The van der Waals surface area contributed by atoms with Crippen LogP contribution in [-0.2, 0) is 4.79 Å². The lowest BCUT2D eigenvalue weighted by atomic mass is 9.94. The van der Waals surface area contributed by atoms with E-state index in [0.29, 0.717) is 12.3 Å². The molecule has 0 aliphatic carbocycles. The largest absolute Gasteiger partial charge is 0.435 e. The topological polar surface area (TPSA) is 50.4 Å². The van der Waals surface area contributed by atoms with E-state index >= 15 is 0 Å². The van der Waals surface area contributed by atoms with Gasteiger partial charge in [0.05, 0.1) is 6.04 Å². The fraction of sp³-hybridized carbons (Fsp3) is 0.562. The number of hydrogen-bond donors (Lipinski definition) is 2. The highest BCUT2D eigenvalue weighted by Crippen LogP contribution is 2.21. The molecule has 1 saturated heterocycles. The summed E-state index contributed by atoms with van der Waals surface area (Å²) in [6.07, 6.45) is 2.54. The van der Waals surface area contributed by atoms with Crippen LogP contribution in [0.1, 0.15) is 37.8 Å². The summed E-state index contributed by atoms with van der Waals surface area (Å²) < 4.78 is 28.8.